The number of hydrogen-bond donors (Lipinski definition) is 1. The molecule has 156 valence electrons. The predicted octanol–water partition coefficient (Wildman–Crippen LogP) is 4.11. The Kier molecular flexibility index (Phi) is 6.47. The van der Waals surface area contributed by atoms with E-state index in [1.807, 2.05) is 31.2 Å². The van der Waals surface area contributed by atoms with Crippen LogP contribution in [0.4, 0.5) is 11.4 Å². The molecule has 0 unspecified atom stereocenters. The van der Waals surface area contributed by atoms with Gasteiger partial charge in [0.1, 0.15) is 11.8 Å². The third-order valence-corrected chi connectivity index (χ3v) is 6.35. The Balaban J connectivity index is 1.69. The van der Waals surface area contributed by atoms with E-state index in [1.54, 1.807) is 31.2 Å². The highest BCUT2D eigenvalue weighted by Gasteiger charge is 2.29. The fraction of sp³-hybridized carbons (Fsp3) is 0.409. The molecule has 0 bridgehead atoms. The summed E-state index contributed by atoms with van der Waals surface area (Å²) in [7, 11) is -3.64. The van der Waals surface area contributed by atoms with Crippen LogP contribution in [0.3, 0.4) is 0 Å². The molecule has 3 rings (SSSR count). The first-order chi connectivity index (χ1) is 13.7. The van der Waals surface area contributed by atoms with Crippen LogP contribution in [0.25, 0.3) is 0 Å². The number of nitrogens with one attached hydrogen (secondary N) is 1. The quantitative estimate of drug-likeness (QED) is 0.737. The summed E-state index contributed by atoms with van der Waals surface area (Å²) >= 11 is 0. The van der Waals surface area contributed by atoms with Crippen molar-refractivity contribution in [3.8, 4) is 5.75 Å². The topological polar surface area (TPSA) is 75.7 Å². The molecule has 1 amide bonds. The molecule has 0 saturated heterocycles. The van der Waals surface area contributed by atoms with Crippen LogP contribution in [0.1, 0.15) is 38.2 Å². The monoisotopic (exact) mass is 416 g/mol. The molecule has 0 heterocycles. The van der Waals surface area contributed by atoms with Gasteiger partial charge in [-0.15, -0.1) is 0 Å². The summed E-state index contributed by atoms with van der Waals surface area (Å²) < 4.78 is 31.8. The SMILES string of the molecule is Cc1ccc(N([C@H](C)C(=O)Nc2ccc(OC3CCCC3)cc2)S(C)(=O)=O)cc1. The number of benzene rings is 2. The highest BCUT2D eigenvalue weighted by molar-refractivity contribution is 7.92. The zero-order chi connectivity index (χ0) is 21.0. The van der Waals surface area contributed by atoms with Gasteiger partial charge in [-0.1, -0.05) is 17.7 Å². The van der Waals surface area contributed by atoms with Crippen LogP contribution in [0.2, 0.25) is 0 Å². The lowest BCUT2D eigenvalue weighted by atomic mass is 10.2. The summed E-state index contributed by atoms with van der Waals surface area (Å²) in [5, 5.41) is 2.80. The number of sulfonamides is 1. The van der Waals surface area contributed by atoms with Crippen LogP contribution in [0, 0.1) is 6.92 Å². The molecule has 2 aromatic carbocycles. The fourth-order valence-corrected chi connectivity index (χ4v) is 4.74. The van der Waals surface area contributed by atoms with Gasteiger partial charge in [0.2, 0.25) is 15.9 Å². The van der Waals surface area contributed by atoms with Crippen LogP contribution in [-0.4, -0.2) is 32.7 Å². The fourth-order valence-electron chi connectivity index (χ4n) is 3.56. The molecule has 1 atom stereocenters. The number of aryl methyl sites for hydroxylation is 1. The van der Waals surface area contributed by atoms with E-state index in [9.17, 15) is 13.2 Å². The van der Waals surface area contributed by atoms with Gasteiger partial charge in [0.05, 0.1) is 18.0 Å². The normalized spacial score (nSPS) is 15.7. The Morgan fingerprint density at radius 2 is 1.66 bits per heavy atom. The van der Waals surface area contributed by atoms with E-state index < -0.39 is 22.0 Å². The second-order valence-electron chi connectivity index (χ2n) is 7.61. The largest absolute Gasteiger partial charge is 0.490 e. The third kappa shape index (κ3) is 5.50. The summed E-state index contributed by atoms with van der Waals surface area (Å²) in [6, 6.07) is 13.3. The summed E-state index contributed by atoms with van der Waals surface area (Å²) in [5.41, 5.74) is 2.07. The Bertz CT molecular complexity index is 934. The number of carbonyl (C=O) groups excluding carboxylic acids is 1. The molecule has 0 aliphatic heterocycles. The molecule has 1 saturated carbocycles. The van der Waals surface area contributed by atoms with Crippen LogP contribution >= 0.6 is 0 Å². The molecule has 29 heavy (non-hydrogen) atoms. The van der Waals surface area contributed by atoms with E-state index in [2.05, 4.69) is 5.32 Å². The van der Waals surface area contributed by atoms with Crippen molar-refractivity contribution in [2.45, 2.75) is 51.7 Å². The van der Waals surface area contributed by atoms with Crippen molar-refractivity contribution in [3.05, 3.63) is 54.1 Å². The van der Waals surface area contributed by atoms with Gasteiger partial charge in [0.15, 0.2) is 0 Å². The van der Waals surface area contributed by atoms with Gasteiger partial charge in [0, 0.05) is 5.69 Å². The van der Waals surface area contributed by atoms with E-state index in [1.165, 1.54) is 12.8 Å². The van der Waals surface area contributed by atoms with Crippen LogP contribution in [0.5, 0.6) is 5.75 Å². The molecule has 7 heteroatoms. The van der Waals surface area contributed by atoms with Crippen LogP contribution in [0.15, 0.2) is 48.5 Å². The minimum absolute atomic E-state index is 0.272. The molecule has 1 fully saturated rings. The standard InChI is InChI=1S/C22H28N2O4S/c1-16-8-12-19(13-9-16)24(29(3,26)27)17(2)22(25)23-18-10-14-21(15-11-18)28-20-6-4-5-7-20/h8-15,17,20H,4-7H2,1-3H3,(H,23,25)/t17-/m1/s1. The van der Waals surface area contributed by atoms with Gasteiger partial charge in [-0.2, -0.15) is 0 Å². The Morgan fingerprint density at radius 1 is 1.07 bits per heavy atom. The van der Waals surface area contributed by atoms with Crippen molar-refractivity contribution in [2.24, 2.45) is 0 Å². The molecule has 1 aliphatic carbocycles. The molecule has 0 spiro atoms. The number of rotatable bonds is 7. The lowest BCUT2D eigenvalue weighted by molar-refractivity contribution is -0.116. The molecule has 1 N–H and O–H groups in total. The minimum atomic E-state index is -3.64. The summed E-state index contributed by atoms with van der Waals surface area (Å²) in [4.78, 5) is 12.8. The summed E-state index contributed by atoms with van der Waals surface area (Å²) in [5.74, 6) is 0.376. The van der Waals surface area contributed by atoms with E-state index in [4.69, 9.17) is 4.74 Å². The zero-order valence-electron chi connectivity index (χ0n) is 17.1. The highest BCUT2D eigenvalue weighted by Crippen LogP contribution is 2.26. The van der Waals surface area contributed by atoms with Gasteiger partial charge in [-0.3, -0.25) is 9.10 Å². The van der Waals surface area contributed by atoms with Crippen molar-refractivity contribution < 1.29 is 17.9 Å². The van der Waals surface area contributed by atoms with Crippen molar-refractivity contribution >= 4 is 27.3 Å². The average Bonchev–Trinajstić information content (AvgIpc) is 3.17. The Labute approximate surface area is 172 Å². The molecule has 0 aromatic heterocycles. The lowest BCUT2D eigenvalue weighted by Gasteiger charge is -2.28. The van der Waals surface area contributed by atoms with Crippen molar-refractivity contribution in [1.82, 2.24) is 0 Å². The molecule has 0 radical (unpaired) electrons. The third-order valence-electron chi connectivity index (χ3n) is 5.10. The van der Waals surface area contributed by atoms with E-state index in [0.29, 0.717) is 11.4 Å². The predicted molar refractivity (Wildman–Crippen MR) is 116 cm³/mol. The van der Waals surface area contributed by atoms with Gasteiger partial charge in [0.25, 0.3) is 0 Å². The molecule has 2 aromatic rings. The van der Waals surface area contributed by atoms with Gasteiger partial charge in [-0.05, 0) is 75.9 Å². The average molecular weight is 417 g/mol. The van der Waals surface area contributed by atoms with Crippen molar-refractivity contribution in [1.29, 1.82) is 0 Å². The summed E-state index contributed by atoms with van der Waals surface area (Å²) in [6.45, 7) is 3.50. The lowest BCUT2D eigenvalue weighted by Crippen LogP contribution is -2.45. The molecule has 6 nitrogen and oxygen atoms in total. The van der Waals surface area contributed by atoms with Gasteiger partial charge >= 0.3 is 0 Å². The highest BCUT2D eigenvalue weighted by atomic mass is 32.2. The van der Waals surface area contributed by atoms with E-state index >= 15 is 0 Å². The summed E-state index contributed by atoms with van der Waals surface area (Å²) in [6.07, 6.45) is 5.94. The maximum atomic E-state index is 12.8. The number of ether oxygens (including phenoxy) is 1. The van der Waals surface area contributed by atoms with E-state index in [0.717, 1.165) is 34.7 Å². The maximum Gasteiger partial charge on any atom is 0.247 e. The molecular weight excluding hydrogens is 388 g/mol. The van der Waals surface area contributed by atoms with Crippen molar-refractivity contribution in [3.63, 3.8) is 0 Å². The van der Waals surface area contributed by atoms with Gasteiger partial charge in [-0.25, -0.2) is 8.42 Å². The number of amides is 1. The number of nitrogens with zero attached hydrogens (tertiary/aromatic N) is 1. The first-order valence-electron chi connectivity index (χ1n) is 9.88. The number of anilines is 2. The second kappa shape index (κ2) is 8.86. The van der Waals surface area contributed by atoms with Crippen molar-refractivity contribution in [2.75, 3.05) is 15.9 Å². The first kappa shape index (κ1) is 21.2. The zero-order valence-corrected chi connectivity index (χ0v) is 17.9. The molecular formula is C22H28N2O4S. The number of hydrogen-bond acceptors (Lipinski definition) is 4. The second-order valence-corrected chi connectivity index (χ2v) is 9.47. The minimum Gasteiger partial charge on any atom is -0.490 e. The first-order valence-corrected chi connectivity index (χ1v) is 11.7. The van der Waals surface area contributed by atoms with Crippen LogP contribution < -0.4 is 14.4 Å². The Morgan fingerprint density at radius 3 is 2.21 bits per heavy atom. The maximum absolute atomic E-state index is 12.8. The smallest absolute Gasteiger partial charge is 0.247 e. The molecule has 1 aliphatic rings. The van der Waals surface area contributed by atoms with Crippen LogP contribution in [-0.2, 0) is 14.8 Å². The van der Waals surface area contributed by atoms with Gasteiger partial charge < -0.3 is 10.1 Å². The Hall–Kier alpha value is -2.54. The number of carbonyl (C=O) groups is 1. The van der Waals surface area contributed by atoms with E-state index in [-0.39, 0.29) is 6.10 Å².